The molecular formula is C14H24N4. The van der Waals surface area contributed by atoms with E-state index in [0.29, 0.717) is 6.04 Å². The topological polar surface area (TPSA) is 41.0 Å². The quantitative estimate of drug-likeness (QED) is 0.884. The van der Waals surface area contributed by atoms with E-state index >= 15 is 0 Å². The van der Waals surface area contributed by atoms with Gasteiger partial charge in [0.05, 0.1) is 0 Å². The van der Waals surface area contributed by atoms with E-state index in [1.807, 2.05) is 14.0 Å². The van der Waals surface area contributed by atoms with Gasteiger partial charge in [-0.05, 0) is 39.7 Å². The van der Waals surface area contributed by atoms with Crippen molar-refractivity contribution in [2.75, 3.05) is 25.0 Å². The van der Waals surface area contributed by atoms with E-state index in [0.717, 1.165) is 36.8 Å². The second-order valence-corrected chi connectivity index (χ2v) is 5.02. The molecule has 0 spiro atoms. The number of piperidine rings is 1. The van der Waals surface area contributed by atoms with E-state index in [1.165, 1.54) is 19.3 Å². The number of rotatable bonds is 4. The Hall–Kier alpha value is -1.16. The van der Waals surface area contributed by atoms with Gasteiger partial charge in [0.2, 0.25) is 0 Å². The number of anilines is 1. The lowest BCUT2D eigenvalue weighted by atomic mass is 10.0. The molecule has 0 aliphatic carbocycles. The summed E-state index contributed by atoms with van der Waals surface area (Å²) >= 11 is 0. The summed E-state index contributed by atoms with van der Waals surface area (Å²) in [4.78, 5) is 11.5. The first-order valence-corrected chi connectivity index (χ1v) is 7.00. The van der Waals surface area contributed by atoms with Crippen molar-refractivity contribution < 1.29 is 0 Å². The zero-order valence-electron chi connectivity index (χ0n) is 11.7. The molecule has 1 atom stereocenters. The number of hydrogen-bond donors (Lipinski definition) is 1. The van der Waals surface area contributed by atoms with E-state index in [1.54, 1.807) is 0 Å². The third kappa shape index (κ3) is 2.99. The molecule has 0 aromatic carbocycles. The van der Waals surface area contributed by atoms with Crippen LogP contribution in [0.15, 0.2) is 6.07 Å². The average molecular weight is 248 g/mol. The standard InChI is InChI=1S/C14H24N4/c1-4-12-9-14(17-11(2)16-12)18-8-6-5-7-13(18)10-15-3/h9,13,15H,4-8,10H2,1-3H3. The summed E-state index contributed by atoms with van der Waals surface area (Å²) in [6.45, 7) is 6.28. The van der Waals surface area contributed by atoms with Gasteiger partial charge < -0.3 is 10.2 Å². The lowest BCUT2D eigenvalue weighted by Crippen LogP contribution is -2.45. The predicted octanol–water partition coefficient (Wildman–Crippen LogP) is 1.93. The Labute approximate surface area is 110 Å². The fourth-order valence-corrected chi connectivity index (χ4v) is 2.69. The predicted molar refractivity (Wildman–Crippen MR) is 75.1 cm³/mol. The maximum absolute atomic E-state index is 4.62. The van der Waals surface area contributed by atoms with Gasteiger partial charge in [-0.1, -0.05) is 6.92 Å². The number of aromatic nitrogens is 2. The van der Waals surface area contributed by atoms with Gasteiger partial charge in [0.1, 0.15) is 11.6 Å². The molecule has 1 fully saturated rings. The molecule has 1 aliphatic rings. The zero-order valence-corrected chi connectivity index (χ0v) is 11.7. The van der Waals surface area contributed by atoms with Crippen molar-refractivity contribution in [1.29, 1.82) is 0 Å². The molecule has 1 aromatic rings. The number of nitrogens with zero attached hydrogens (tertiary/aromatic N) is 3. The van der Waals surface area contributed by atoms with Crippen molar-refractivity contribution in [2.24, 2.45) is 0 Å². The summed E-state index contributed by atoms with van der Waals surface area (Å²) in [5.74, 6) is 2.00. The largest absolute Gasteiger partial charge is 0.352 e. The summed E-state index contributed by atoms with van der Waals surface area (Å²) in [6.07, 6.45) is 4.82. The molecule has 1 unspecified atom stereocenters. The summed E-state index contributed by atoms with van der Waals surface area (Å²) in [5.41, 5.74) is 1.14. The van der Waals surface area contributed by atoms with E-state index in [4.69, 9.17) is 0 Å². The number of nitrogens with one attached hydrogen (secondary N) is 1. The average Bonchev–Trinajstić information content (AvgIpc) is 2.39. The van der Waals surface area contributed by atoms with Gasteiger partial charge in [0.25, 0.3) is 0 Å². The second-order valence-electron chi connectivity index (χ2n) is 5.02. The fraction of sp³-hybridized carbons (Fsp3) is 0.714. The van der Waals surface area contributed by atoms with Gasteiger partial charge in [-0.25, -0.2) is 9.97 Å². The highest BCUT2D eigenvalue weighted by Crippen LogP contribution is 2.23. The molecule has 0 saturated carbocycles. The van der Waals surface area contributed by atoms with Crippen LogP contribution in [0.3, 0.4) is 0 Å². The lowest BCUT2D eigenvalue weighted by Gasteiger charge is -2.36. The first kappa shape index (κ1) is 13.3. The molecule has 1 saturated heterocycles. The Morgan fingerprint density at radius 2 is 2.22 bits per heavy atom. The molecule has 0 bridgehead atoms. The van der Waals surface area contributed by atoms with E-state index in [2.05, 4.69) is 33.2 Å². The van der Waals surface area contributed by atoms with Crippen molar-refractivity contribution in [3.05, 3.63) is 17.6 Å². The van der Waals surface area contributed by atoms with Crippen LogP contribution in [-0.2, 0) is 6.42 Å². The van der Waals surface area contributed by atoms with Crippen molar-refractivity contribution in [2.45, 2.75) is 45.6 Å². The molecule has 2 rings (SSSR count). The molecule has 0 amide bonds. The maximum atomic E-state index is 4.62. The Kier molecular flexibility index (Phi) is 4.53. The molecule has 18 heavy (non-hydrogen) atoms. The van der Waals surface area contributed by atoms with Crippen LogP contribution in [-0.4, -0.2) is 36.1 Å². The molecule has 0 radical (unpaired) electrons. The molecule has 4 heteroatoms. The minimum atomic E-state index is 0.572. The van der Waals surface area contributed by atoms with Gasteiger partial charge in [-0.3, -0.25) is 0 Å². The van der Waals surface area contributed by atoms with Gasteiger partial charge in [0.15, 0.2) is 0 Å². The van der Waals surface area contributed by atoms with Crippen LogP contribution in [0, 0.1) is 6.92 Å². The summed E-state index contributed by atoms with van der Waals surface area (Å²) < 4.78 is 0. The van der Waals surface area contributed by atoms with Gasteiger partial charge in [-0.15, -0.1) is 0 Å². The molecule has 1 N–H and O–H groups in total. The van der Waals surface area contributed by atoms with Gasteiger partial charge in [0, 0.05) is 30.9 Å². The van der Waals surface area contributed by atoms with E-state index in [9.17, 15) is 0 Å². The Morgan fingerprint density at radius 3 is 2.94 bits per heavy atom. The number of likely N-dealkylation sites (N-methyl/N-ethyl adjacent to an activating group) is 1. The van der Waals surface area contributed by atoms with Crippen LogP contribution >= 0.6 is 0 Å². The summed E-state index contributed by atoms with van der Waals surface area (Å²) in [5, 5.41) is 3.30. The van der Waals surface area contributed by atoms with Crippen LogP contribution in [0.4, 0.5) is 5.82 Å². The molecule has 1 aromatic heterocycles. The highest BCUT2D eigenvalue weighted by molar-refractivity contribution is 5.42. The van der Waals surface area contributed by atoms with Crippen LogP contribution in [0.2, 0.25) is 0 Å². The first-order chi connectivity index (χ1) is 8.74. The minimum Gasteiger partial charge on any atom is -0.352 e. The van der Waals surface area contributed by atoms with Crippen molar-refractivity contribution in [3.63, 3.8) is 0 Å². The van der Waals surface area contributed by atoms with Crippen LogP contribution < -0.4 is 10.2 Å². The maximum Gasteiger partial charge on any atom is 0.132 e. The molecule has 1 aliphatic heterocycles. The Balaban J connectivity index is 2.24. The minimum absolute atomic E-state index is 0.572. The molecule has 100 valence electrons. The smallest absolute Gasteiger partial charge is 0.132 e. The van der Waals surface area contributed by atoms with Gasteiger partial charge in [-0.2, -0.15) is 0 Å². The van der Waals surface area contributed by atoms with E-state index in [-0.39, 0.29) is 0 Å². The molecular weight excluding hydrogens is 224 g/mol. The third-order valence-electron chi connectivity index (χ3n) is 3.60. The van der Waals surface area contributed by atoms with Gasteiger partial charge >= 0.3 is 0 Å². The highest BCUT2D eigenvalue weighted by atomic mass is 15.2. The SMILES string of the molecule is CCc1cc(N2CCCCC2CNC)nc(C)n1. The second kappa shape index (κ2) is 6.14. The summed E-state index contributed by atoms with van der Waals surface area (Å²) in [6, 6.07) is 2.73. The van der Waals surface area contributed by atoms with Crippen molar-refractivity contribution in [1.82, 2.24) is 15.3 Å². The van der Waals surface area contributed by atoms with E-state index < -0.39 is 0 Å². The Bertz CT molecular complexity index is 389. The van der Waals surface area contributed by atoms with Crippen LogP contribution in [0.1, 0.15) is 37.7 Å². The molecule has 4 nitrogen and oxygen atoms in total. The summed E-state index contributed by atoms with van der Waals surface area (Å²) in [7, 11) is 2.02. The normalized spacial score (nSPS) is 20.2. The highest BCUT2D eigenvalue weighted by Gasteiger charge is 2.23. The monoisotopic (exact) mass is 248 g/mol. The number of hydrogen-bond acceptors (Lipinski definition) is 4. The number of aryl methyl sites for hydroxylation is 2. The fourth-order valence-electron chi connectivity index (χ4n) is 2.69. The molecule has 2 heterocycles. The Morgan fingerprint density at radius 1 is 1.39 bits per heavy atom. The van der Waals surface area contributed by atoms with Crippen LogP contribution in [0.25, 0.3) is 0 Å². The zero-order chi connectivity index (χ0) is 13.0. The third-order valence-corrected chi connectivity index (χ3v) is 3.60. The first-order valence-electron chi connectivity index (χ1n) is 7.00. The lowest BCUT2D eigenvalue weighted by molar-refractivity contribution is 0.443. The van der Waals surface area contributed by atoms with Crippen LogP contribution in [0.5, 0.6) is 0 Å². The van der Waals surface area contributed by atoms with Crippen molar-refractivity contribution >= 4 is 5.82 Å². The van der Waals surface area contributed by atoms with Crippen molar-refractivity contribution in [3.8, 4) is 0 Å².